The van der Waals surface area contributed by atoms with Gasteiger partial charge in [-0.15, -0.1) is 23.5 Å². The molecule has 0 aromatic heterocycles. The van der Waals surface area contributed by atoms with Crippen LogP contribution in [-0.2, 0) is 14.4 Å². The Hall–Kier alpha value is -1.43. The van der Waals surface area contributed by atoms with Crippen LogP contribution in [0.3, 0.4) is 0 Å². The van der Waals surface area contributed by atoms with Crippen molar-refractivity contribution in [1.29, 1.82) is 0 Å². The zero-order valence-electron chi connectivity index (χ0n) is 18.3. The van der Waals surface area contributed by atoms with Crippen molar-refractivity contribution in [2.45, 2.75) is 16.3 Å². The van der Waals surface area contributed by atoms with E-state index < -0.39 is 23.3 Å². The van der Waals surface area contributed by atoms with Crippen molar-refractivity contribution >= 4 is 64.5 Å². The van der Waals surface area contributed by atoms with Crippen LogP contribution in [0.25, 0.3) is 0 Å². The van der Waals surface area contributed by atoms with Gasteiger partial charge in [-0.05, 0) is 18.2 Å². The van der Waals surface area contributed by atoms with Crippen LogP contribution in [0.2, 0.25) is 10.0 Å². The Morgan fingerprint density at radius 1 is 1.21 bits per heavy atom. The van der Waals surface area contributed by atoms with E-state index in [0.29, 0.717) is 27.2 Å². The Bertz CT molecular complexity index is 1060. The van der Waals surface area contributed by atoms with Gasteiger partial charge in [-0.1, -0.05) is 23.2 Å². The van der Waals surface area contributed by atoms with E-state index in [1.165, 1.54) is 28.4 Å². The number of piperazine rings is 3. The maximum atomic E-state index is 12.9. The summed E-state index contributed by atoms with van der Waals surface area (Å²) in [6.07, 6.45) is 0. The maximum Gasteiger partial charge on any atom is 0.253 e. The molecule has 12 heteroatoms. The second kappa shape index (κ2) is 9.55. The van der Waals surface area contributed by atoms with Crippen LogP contribution in [0.5, 0.6) is 0 Å². The number of halogens is 2. The highest BCUT2D eigenvalue weighted by atomic mass is 35.5. The third-order valence-electron chi connectivity index (χ3n) is 7.01. The minimum atomic E-state index is -1.32. The highest BCUT2D eigenvalue weighted by Crippen LogP contribution is 2.41. The summed E-state index contributed by atoms with van der Waals surface area (Å²) in [5.41, 5.74) is 0.765. The van der Waals surface area contributed by atoms with Gasteiger partial charge >= 0.3 is 0 Å². The number of hydrogen-bond donors (Lipinski definition) is 1. The molecule has 0 radical (unpaired) electrons. The summed E-state index contributed by atoms with van der Waals surface area (Å²) in [5, 5.41) is 15.4. The molecule has 0 saturated carbocycles. The maximum absolute atomic E-state index is 12.9. The summed E-state index contributed by atoms with van der Waals surface area (Å²) in [6.45, 7) is 6.71. The lowest BCUT2D eigenvalue weighted by Gasteiger charge is -2.54. The number of carboxylic acid groups (broad SMARTS) is 1. The molecule has 1 N–H and O–H groups in total. The third kappa shape index (κ3) is 4.56. The number of amides is 2. The molecule has 6 rings (SSSR count). The number of rotatable bonds is 7. The smallest absolute Gasteiger partial charge is 0.253 e. The van der Waals surface area contributed by atoms with Gasteiger partial charge in [0.15, 0.2) is 0 Å². The first-order valence-electron chi connectivity index (χ1n) is 11.1. The van der Waals surface area contributed by atoms with Gasteiger partial charge in [0, 0.05) is 40.9 Å². The molecule has 2 amide bonds. The molecule has 4 fully saturated rings. The van der Waals surface area contributed by atoms with Gasteiger partial charge in [0.25, 0.3) is 5.91 Å². The standard InChI is InChI=1S/C22H24Cl2N4O4S2/c23-14-1-2-15(24)16(9-14)33-12-17(29)25-18-20(30)27-19(22(31)32)13(11-34-21(18)27)10-28-6-3-26(4-7-28)5-8-28/h1-2,9,18,21H,3-8,10-12H2,(H-,25,29,31,32)/t18-,21-/m1/s1. The van der Waals surface area contributed by atoms with E-state index in [1.807, 2.05) is 0 Å². The lowest BCUT2D eigenvalue weighted by Crippen LogP contribution is -2.72. The molecule has 0 unspecified atom stereocenters. The number of hydrogen-bond acceptors (Lipinski definition) is 7. The van der Waals surface area contributed by atoms with Crippen LogP contribution >= 0.6 is 46.7 Å². The topological polar surface area (TPSA) is 92.8 Å². The normalized spacial score (nSPS) is 30.1. The van der Waals surface area contributed by atoms with Gasteiger partial charge in [0.05, 0.1) is 42.1 Å². The van der Waals surface area contributed by atoms with Crippen LogP contribution in [0.15, 0.2) is 34.4 Å². The number of benzene rings is 1. The van der Waals surface area contributed by atoms with E-state index >= 15 is 0 Å². The summed E-state index contributed by atoms with van der Waals surface area (Å²) in [4.78, 5) is 42.0. The lowest BCUT2D eigenvalue weighted by atomic mass is 10.0. The van der Waals surface area contributed by atoms with Gasteiger partial charge in [0.2, 0.25) is 5.91 Å². The Morgan fingerprint density at radius 3 is 2.59 bits per heavy atom. The summed E-state index contributed by atoms with van der Waals surface area (Å²) in [6, 6.07) is 4.26. The van der Waals surface area contributed by atoms with Gasteiger partial charge in [-0.3, -0.25) is 19.4 Å². The lowest BCUT2D eigenvalue weighted by molar-refractivity contribution is -0.936. The van der Waals surface area contributed by atoms with Crippen LogP contribution < -0.4 is 10.4 Å². The van der Waals surface area contributed by atoms with E-state index in [0.717, 1.165) is 49.3 Å². The van der Waals surface area contributed by atoms with Crippen molar-refractivity contribution in [3.63, 3.8) is 0 Å². The van der Waals surface area contributed by atoms with Crippen LogP contribution in [0, 0.1) is 0 Å². The summed E-state index contributed by atoms with van der Waals surface area (Å²) < 4.78 is 0.874. The number of carbonyl (C=O) groups is 3. The quantitative estimate of drug-likeness (QED) is 0.307. The van der Waals surface area contributed by atoms with Crippen LogP contribution in [0.4, 0.5) is 0 Å². The molecule has 5 aliphatic heterocycles. The monoisotopic (exact) mass is 542 g/mol. The van der Waals surface area contributed by atoms with Gasteiger partial charge in [-0.2, -0.15) is 0 Å². The minimum Gasteiger partial charge on any atom is -0.543 e. The van der Waals surface area contributed by atoms with Crippen molar-refractivity contribution in [2.24, 2.45) is 0 Å². The van der Waals surface area contributed by atoms with Crippen molar-refractivity contribution in [2.75, 3.05) is 57.3 Å². The second-order valence-electron chi connectivity index (χ2n) is 9.07. The molecule has 1 aromatic carbocycles. The van der Waals surface area contributed by atoms with Gasteiger partial charge in [-0.25, -0.2) is 0 Å². The average molecular weight is 543 g/mol. The Kier molecular flexibility index (Phi) is 6.82. The number of carboxylic acids is 1. The predicted octanol–water partition coefficient (Wildman–Crippen LogP) is 0.635. The molecule has 2 atom stereocenters. The highest BCUT2D eigenvalue weighted by Gasteiger charge is 2.53. The number of fused-ring (bicyclic) bond motifs is 4. The van der Waals surface area contributed by atoms with Crippen molar-refractivity contribution in [3.05, 3.63) is 39.5 Å². The average Bonchev–Trinajstić information content (AvgIpc) is 2.83. The Labute approximate surface area is 216 Å². The van der Waals surface area contributed by atoms with Crippen LogP contribution in [0.1, 0.15) is 0 Å². The molecule has 0 spiro atoms. The predicted molar refractivity (Wildman–Crippen MR) is 130 cm³/mol. The number of nitrogens with zero attached hydrogens (tertiary/aromatic N) is 3. The summed E-state index contributed by atoms with van der Waals surface area (Å²) in [7, 11) is 0. The molecular formula is C22H24Cl2N4O4S2. The van der Waals surface area contributed by atoms with Gasteiger partial charge < -0.3 is 19.7 Å². The molecule has 2 bridgehead atoms. The molecule has 4 saturated heterocycles. The highest BCUT2D eigenvalue weighted by molar-refractivity contribution is 8.00. The summed E-state index contributed by atoms with van der Waals surface area (Å²) >= 11 is 14.9. The number of β-lactam (4-membered cyclic amide) rings is 1. The molecule has 182 valence electrons. The first-order valence-corrected chi connectivity index (χ1v) is 13.9. The van der Waals surface area contributed by atoms with E-state index in [4.69, 9.17) is 23.2 Å². The fourth-order valence-corrected chi connectivity index (χ4v) is 7.75. The largest absolute Gasteiger partial charge is 0.543 e. The molecule has 5 aliphatic rings. The molecule has 34 heavy (non-hydrogen) atoms. The van der Waals surface area contributed by atoms with E-state index in [9.17, 15) is 19.5 Å². The summed E-state index contributed by atoms with van der Waals surface area (Å²) in [5.74, 6) is -1.48. The fraction of sp³-hybridized carbons (Fsp3) is 0.500. The zero-order chi connectivity index (χ0) is 24.0. The first kappa shape index (κ1) is 24.3. The first-order chi connectivity index (χ1) is 16.3. The zero-order valence-corrected chi connectivity index (χ0v) is 21.4. The number of quaternary nitrogens is 1. The molecular weight excluding hydrogens is 519 g/mol. The fourth-order valence-electron chi connectivity index (χ4n) is 5.11. The second-order valence-corrected chi connectivity index (χ2v) is 12.0. The number of nitrogens with one attached hydrogen (secondary N) is 1. The Morgan fingerprint density at radius 2 is 1.91 bits per heavy atom. The molecule has 1 aromatic rings. The van der Waals surface area contributed by atoms with Crippen molar-refractivity contribution < 1.29 is 24.0 Å². The Balaban J connectivity index is 1.24. The van der Waals surface area contributed by atoms with E-state index in [2.05, 4.69) is 10.2 Å². The SMILES string of the molecule is O=C(CSc1cc(Cl)ccc1Cl)N[C@@H]1C(=O)N2C(C(=O)[O-])=C(C[N+]34CCN(CC3)CC4)CS[C@H]12. The van der Waals surface area contributed by atoms with Crippen molar-refractivity contribution in [3.8, 4) is 0 Å². The van der Waals surface area contributed by atoms with Crippen molar-refractivity contribution in [1.82, 2.24) is 15.1 Å². The third-order valence-corrected chi connectivity index (χ3v) is 10.1. The molecule has 0 aliphatic carbocycles. The van der Waals surface area contributed by atoms with E-state index in [-0.39, 0.29) is 17.4 Å². The van der Waals surface area contributed by atoms with Crippen LogP contribution in [-0.4, -0.2) is 101 Å². The number of carbonyl (C=O) groups excluding carboxylic acids is 3. The van der Waals surface area contributed by atoms with Gasteiger partial charge in [0.1, 0.15) is 18.0 Å². The number of thioether (sulfide) groups is 2. The molecule has 8 nitrogen and oxygen atoms in total. The minimum absolute atomic E-state index is 0.000152. The molecule has 5 heterocycles. The number of aliphatic carboxylic acids is 1. The van der Waals surface area contributed by atoms with E-state index in [1.54, 1.807) is 18.2 Å².